The number of alkyl halides is 1. The first-order valence-corrected chi connectivity index (χ1v) is 9.19. The Bertz CT molecular complexity index is 1180. The number of aromatic nitrogens is 5. The highest BCUT2D eigenvalue weighted by molar-refractivity contribution is 6.16. The molecule has 4 rings (SSSR count). The van der Waals surface area contributed by atoms with E-state index in [0.29, 0.717) is 11.3 Å². The molecule has 0 spiro atoms. The fourth-order valence-electron chi connectivity index (χ4n) is 2.71. The second-order valence-electron chi connectivity index (χ2n) is 6.04. The summed E-state index contributed by atoms with van der Waals surface area (Å²) in [5, 5.41) is 19.7. The molecule has 2 heterocycles. The van der Waals surface area contributed by atoms with Gasteiger partial charge in [-0.1, -0.05) is 30.3 Å². The van der Waals surface area contributed by atoms with Gasteiger partial charge in [0.15, 0.2) is 6.61 Å². The maximum atomic E-state index is 13.2. The normalized spacial score (nSPS) is 10.9. The summed E-state index contributed by atoms with van der Waals surface area (Å²) in [4.78, 5) is 16.7. The van der Waals surface area contributed by atoms with Gasteiger partial charge in [-0.05, 0) is 29.2 Å². The average molecular weight is 430 g/mol. The number of hydrogen-bond acceptors (Lipinski definition) is 7. The molecule has 152 valence electrons. The molecule has 4 aromatic rings. The van der Waals surface area contributed by atoms with Crippen LogP contribution < -0.4 is 4.90 Å². The molecule has 0 saturated heterocycles. The van der Waals surface area contributed by atoms with Crippen LogP contribution in [0.5, 0.6) is 0 Å². The van der Waals surface area contributed by atoms with E-state index in [1.54, 1.807) is 24.3 Å². The topological polar surface area (TPSA) is 110 Å². The lowest BCUT2D eigenvalue weighted by Gasteiger charge is -2.03. The maximum absolute atomic E-state index is 13.2. The number of carbonyl (C=O) groups is 1. The van der Waals surface area contributed by atoms with Crippen LogP contribution in [0.1, 0.15) is 22.1 Å². The Morgan fingerprint density at radius 3 is 2.63 bits per heavy atom. The first kappa shape index (κ1) is 19.5. The zero-order chi connectivity index (χ0) is 21.1. The van der Waals surface area contributed by atoms with Gasteiger partial charge in [0.2, 0.25) is 5.69 Å². The monoisotopic (exact) mass is 429 g/mol. The number of esters is 1. The maximum Gasteiger partial charge on any atom is 0.378 e. The van der Waals surface area contributed by atoms with E-state index in [1.165, 1.54) is 28.9 Å². The Hall–Kier alpha value is -3.79. The lowest BCUT2D eigenvalue weighted by Crippen LogP contribution is -2.29. The molecule has 30 heavy (non-hydrogen) atoms. The van der Waals surface area contributed by atoms with E-state index in [9.17, 15) is 14.4 Å². The van der Waals surface area contributed by atoms with Crippen LogP contribution in [0.4, 0.5) is 4.39 Å². The molecule has 2 aromatic carbocycles. The smallest absolute Gasteiger partial charge is 0.378 e. The highest BCUT2D eigenvalue weighted by atomic mass is 35.5. The minimum Gasteiger partial charge on any atom is -0.451 e. The van der Waals surface area contributed by atoms with Crippen LogP contribution in [-0.4, -0.2) is 25.9 Å². The molecule has 0 aliphatic rings. The summed E-state index contributed by atoms with van der Waals surface area (Å²) >= 11 is 5.88. The molecule has 0 aliphatic heterocycles. The van der Waals surface area contributed by atoms with Gasteiger partial charge in [0.1, 0.15) is 11.6 Å². The van der Waals surface area contributed by atoms with Crippen molar-refractivity contribution >= 4 is 17.6 Å². The third-order valence-electron chi connectivity index (χ3n) is 4.13. The predicted octanol–water partition coefficient (Wildman–Crippen LogP) is 2.79. The second kappa shape index (κ2) is 8.29. The molecule has 11 heteroatoms. The van der Waals surface area contributed by atoms with Gasteiger partial charge in [-0.25, -0.2) is 18.9 Å². The van der Waals surface area contributed by atoms with E-state index in [4.69, 9.17) is 16.3 Å². The average Bonchev–Trinajstić information content (AvgIpc) is 3.37. The predicted molar refractivity (Wildman–Crippen MR) is 101 cm³/mol. The number of carbonyl (C=O) groups excluding carboxylic acids is 1. The third-order valence-corrected chi connectivity index (χ3v) is 4.37. The molecule has 0 radical (unpaired) electrons. The molecule has 0 atom stereocenters. The van der Waals surface area contributed by atoms with Crippen molar-refractivity contribution < 1.29 is 23.5 Å². The fraction of sp³-hybridized carbons (Fsp3) is 0.105. The van der Waals surface area contributed by atoms with Gasteiger partial charge < -0.3 is 9.94 Å². The highest BCUT2D eigenvalue weighted by Crippen LogP contribution is 2.20. The van der Waals surface area contributed by atoms with Crippen LogP contribution in [0.15, 0.2) is 59.2 Å². The number of nitrogens with zero attached hydrogens (tertiary/aromatic N) is 5. The first-order chi connectivity index (χ1) is 14.6. The lowest BCUT2D eigenvalue weighted by atomic mass is 10.1. The summed E-state index contributed by atoms with van der Waals surface area (Å²) in [6.07, 6.45) is 0. The van der Waals surface area contributed by atoms with E-state index < -0.39 is 18.4 Å². The van der Waals surface area contributed by atoms with Crippen molar-refractivity contribution in [1.29, 1.82) is 0 Å². The van der Waals surface area contributed by atoms with Crippen molar-refractivity contribution in [2.45, 2.75) is 12.5 Å². The van der Waals surface area contributed by atoms with Gasteiger partial charge in [-0.15, -0.1) is 16.7 Å². The van der Waals surface area contributed by atoms with Crippen molar-refractivity contribution in [3.05, 3.63) is 83.0 Å². The van der Waals surface area contributed by atoms with Crippen LogP contribution >= 0.6 is 11.6 Å². The Labute approximate surface area is 173 Å². The fourth-order valence-corrected chi connectivity index (χ4v) is 2.88. The standard InChI is InChI=1S/C19H13ClFN5O4/c20-10-16-22-18(23-25(16)14-8-6-13(21)7-9-14)19(27)29-11-15-17(24-30-26(15)28)12-4-2-1-3-5-12/h1-9H,10-11H2. The van der Waals surface area contributed by atoms with Gasteiger partial charge in [-0.2, -0.15) is 0 Å². The van der Waals surface area contributed by atoms with E-state index in [-0.39, 0.29) is 33.8 Å². The molecule has 9 nitrogen and oxygen atoms in total. The van der Waals surface area contributed by atoms with Gasteiger partial charge in [0.05, 0.1) is 11.6 Å². The number of rotatable bonds is 6. The number of hydrogen-bond donors (Lipinski definition) is 0. The molecular formula is C19H13ClFN5O4. The largest absolute Gasteiger partial charge is 0.451 e. The summed E-state index contributed by atoms with van der Waals surface area (Å²) in [6, 6.07) is 14.3. The van der Waals surface area contributed by atoms with Crippen molar-refractivity contribution in [3.8, 4) is 16.9 Å². The molecule has 0 unspecified atom stereocenters. The van der Waals surface area contributed by atoms with E-state index in [0.717, 1.165) is 0 Å². The van der Waals surface area contributed by atoms with Crippen molar-refractivity contribution in [2.75, 3.05) is 0 Å². The molecule has 0 amide bonds. The summed E-state index contributed by atoms with van der Waals surface area (Å²) < 4.78 is 24.3. The minimum atomic E-state index is -0.873. The molecule has 0 fully saturated rings. The van der Waals surface area contributed by atoms with E-state index >= 15 is 0 Å². The molecule has 0 saturated carbocycles. The zero-order valence-corrected chi connectivity index (χ0v) is 16.0. The van der Waals surface area contributed by atoms with E-state index in [2.05, 4.69) is 19.9 Å². The molecular weight excluding hydrogens is 417 g/mol. The Kier molecular flexibility index (Phi) is 5.40. The van der Waals surface area contributed by atoms with Crippen molar-refractivity contribution in [2.24, 2.45) is 0 Å². The van der Waals surface area contributed by atoms with Gasteiger partial charge in [0.25, 0.3) is 11.5 Å². The van der Waals surface area contributed by atoms with Crippen LogP contribution in [0.25, 0.3) is 16.9 Å². The Morgan fingerprint density at radius 2 is 1.93 bits per heavy atom. The Balaban J connectivity index is 1.55. The number of benzene rings is 2. The number of halogens is 2. The summed E-state index contributed by atoms with van der Waals surface area (Å²) in [5.41, 5.74) is 1.38. The quantitative estimate of drug-likeness (QED) is 0.263. The minimum absolute atomic E-state index is 0.0186. The highest BCUT2D eigenvalue weighted by Gasteiger charge is 2.24. The molecule has 2 aromatic heterocycles. The number of ether oxygens (including phenoxy) is 1. The summed E-state index contributed by atoms with van der Waals surface area (Å²) in [7, 11) is 0. The third kappa shape index (κ3) is 3.85. The zero-order valence-electron chi connectivity index (χ0n) is 15.2. The van der Waals surface area contributed by atoms with Gasteiger partial charge in [0, 0.05) is 10.7 Å². The van der Waals surface area contributed by atoms with E-state index in [1.807, 2.05) is 6.07 Å². The van der Waals surface area contributed by atoms with Crippen molar-refractivity contribution in [1.82, 2.24) is 19.9 Å². The van der Waals surface area contributed by atoms with Crippen molar-refractivity contribution in [3.63, 3.8) is 0 Å². The van der Waals surface area contributed by atoms with Crippen LogP contribution in [0.2, 0.25) is 0 Å². The second-order valence-corrected chi connectivity index (χ2v) is 6.31. The Morgan fingerprint density at radius 1 is 1.20 bits per heavy atom. The summed E-state index contributed by atoms with van der Waals surface area (Å²) in [5.74, 6) is -1.32. The van der Waals surface area contributed by atoms with Crippen LogP contribution in [-0.2, 0) is 17.2 Å². The SMILES string of the molecule is O=C(OCc1c(-c2ccccc2)no[n+]1[O-])c1nc(CCl)n(-c2ccc(F)cc2)n1. The molecule has 0 N–H and O–H groups in total. The molecule has 0 aliphatic carbocycles. The van der Waals surface area contributed by atoms with Crippen LogP contribution in [0.3, 0.4) is 0 Å². The van der Waals surface area contributed by atoms with Gasteiger partial charge in [-0.3, -0.25) is 4.63 Å². The summed E-state index contributed by atoms with van der Waals surface area (Å²) in [6.45, 7) is -0.405. The van der Waals surface area contributed by atoms with Gasteiger partial charge >= 0.3 is 5.97 Å². The lowest BCUT2D eigenvalue weighted by molar-refractivity contribution is -0.808. The molecule has 0 bridgehead atoms. The first-order valence-electron chi connectivity index (χ1n) is 8.66. The van der Waals surface area contributed by atoms with Crippen LogP contribution in [0, 0.1) is 11.0 Å².